The van der Waals surface area contributed by atoms with Gasteiger partial charge in [0.15, 0.2) is 33.2 Å². The number of rotatable bonds is 13. The number of nitrogens with one attached hydrogen (secondary N) is 3. The van der Waals surface area contributed by atoms with E-state index in [0.717, 1.165) is 25.9 Å². The molecule has 1 amide bonds. The molecule has 2 aliphatic rings. The Labute approximate surface area is 315 Å². The van der Waals surface area contributed by atoms with E-state index in [9.17, 15) is 13.2 Å². The lowest BCUT2D eigenvalue weighted by molar-refractivity contribution is 0.102. The van der Waals surface area contributed by atoms with Gasteiger partial charge in [-0.15, -0.1) is 0 Å². The fraction of sp³-hybridized carbons (Fsp3) is 0.730. The van der Waals surface area contributed by atoms with Gasteiger partial charge < -0.3 is 24.4 Å². The second-order valence-corrected chi connectivity index (χ2v) is 30.6. The Morgan fingerprint density at radius 1 is 0.827 bits per heavy atom. The largest absolute Gasteiger partial charge is 0.414 e. The molecule has 0 bridgehead atoms. The molecule has 1 saturated carbocycles. The van der Waals surface area contributed by atoms with E-state index in [2.05, 4.69) is 99.9 Å². The van der Waals surface area contributed by atoms with E-state index in [-0.39, 0.29) is 26.6 Å². The Balaban J connectivity index is 1.67. The van der Waals surface area contributed by atoms with Gasteiger partial charge in [-0.3, -0.25) is 4.79 Å². The van der Waals surface area contributed by atoms with Crippen LogP contribution < -0.4 is 20.3 Å². The van der Waals surface area contributed by atoms with Crippen molar-refractivity contribution in [2.24, 2.45) is 5.41 Å². The fourth-order valence-corrected chi connectivity index (χ4v) is 9.10. The summed E-state index contributed by atoms with van der Waals surface area (Å²) in [6.45, 7) is 32.1. The van der Waals surface area contributed by atoms with Crippen molar-refractivity contribution >= 4 is 50.0 Å². The number of piperidine rings is 1. The highest BCUT2D eigenvalue weighted by Gasteiger charge is 2.46. The van der Waals surface area contributed by atoms with Crippen LogP contribution in [0.2, 0.25) is 36.3 Å². The summed E-state index contributed by atoms with van der Waals surface area (Å²) in [5.74, 6) is 0.592. The zero-order chi connectivity index (χ0) is 39.2. The first-order chi connectivity index (χ1) is 23.6. The zero-order valence-corrected chi connectivity index (χ0v) is 37.0. The normalized spacial score (nSPS) is 17.3. The van der Waals surface area contributed by atoms with E-state index in [4.69, 9.17) is 18.8 Å². The molecular weight excluding hydrogens is 711 g/mol. The van der Waals surface area contributed by atoms with Gasteiger partial charge in [0.05, 0.1) is 24.9 Å². The Hall–Kier alpha value is -2.44. The third kappa shape index (κ3) is 10.6. The molecule has 1 saturated heterocycles. The highest BCUT2D eigenvalue weighted by molar-refractivity contribution is 7.89. The molecule has 1 aliphatic carbocycles. The van der Waals surface area contributed by atoms with Crippen LogP contribution in [0.1, 0.15) is 105 Å². The van der Waals surface area contributed by atoms with Crippen molar-refractivity contribution in [1.82, 2.24) is 19.7 Å². The van der Waals surface area contributed by atoms with Crippen molar-refractivity contribution < 1.29 is 22.1 Å². The molecule has 0 atom stereocenters. The van der Waals surface area contributed by atoms with Gasteiger partial charge in [-0.05, 0) is 107 Å². The van der Waals surface area contributed by atoms with Gasteiger partial charge in [-0.2, -0.15) is 0 Å². The molecule has 0 unspecified atom stereocenters. The summed E-state index contributed by atoms with van der Waals surface area (Å²) in [6, 6.07) is 4.51. The van der Waals surface area contributed by atoms with Crippen molar-refractivity contribution in [2.75, 3.05) is 41.8 Å². The summed E-state index contributed by atoms with van der Waals surface area (Å²) < 4.78 is 42.2. The van der Waals surface area contributed by atoms with Crippen molar-refractivity contribution in [3.05, 3.63) is 30.1 Å². The number of pyridine rings is 1. The highest BCUT2D eigenvalue weighted by atomic mass is 32.2. The minimum absolute atomic E-state index is 0.0328. The van der Waals surface area contributed by atoms with Gasteiger partial charge in [-0.1, -0.05) is 47.6 Å². The Morgan fingerprint density at radius 2 is 1.37 bits per heavy atom. The molecule has 1 spiro atoms. The van der Waals surface area contributed by atoms with E-state index in [1.165, 1.54) is 18.9 Å². The second-order valence-electron chi connectivity index (χ2n) is 19.4. The monoisotopic (exact) mass is 775 g/mol. The quantitative estimate of drug-likeness (QED) is 0.172. The van der Waals surface area contributed by atoms with Crippen molar-refractivity contribution in [1.29, 1.82) is 0 Å². The highest BCUT2D eigenvalue weighted by Crippen LogP contribution is 2.54. The SMILES string of the molecule is CC(C)(C)NS(=O)(=O)c1cccc(NC(=O)c2ncc(NC(C)(CO[Si](C)(C)C(C)(C)C)CO[Si](C)(C)C(C)(C)C)nc2N2CCC3(CC2)CC3)n1. The smallest absolute Gasteiger partial charge is 0.279 e. The van der Waals surface area contributed by atoms with Crippen LogP contribution in [-0.2, 0) is 18.9 Å². The standard InChI is InChI=1S/C37H65N7O5SSi2/c1-33(2,3)43-50(46,47)29-17-15-16-27(39-29)41-32(45)30-31(44-22-20-37(18-19-37)21-23-44)40-28(24-38-30)42-36(10,25-48-51(11,12)34(4,5)6)26-49-52(13,14)35(7,8)9/h15-17,24,43H,18-23,25-26H2,1-14H3,(H,40,42)(H,39,41,45). The first-order valence-electron chi connectivity index (χ1n) is 18.6. The lowest BCUT2D eigenvalue weighted by atomic mass is 9.93. The summed E-state index contributed by atoms with van der Waals surface area (Å²) in [4.78, 5) is 30.1. The van der Waals surface area contributed by atoms with Crippen molar-refractivity contribution in [2.45, 2.75) is 147 Å². The predicted molar refractivity (Wildman–Crippen MR) is 216 cm³/mol. The van der Waals surface area contributed by atoms with Crippen LogP contribution in [0.5, 0.6) is 0 Å². The number of carbonyl (C=O) groups excluding carboxylic acids is 1. The van der Waals surface area contributed by atoms with Crippen molar-refractivity contribution in [3.8, 4) is 0 Å². The molecule has 12 nitrogen and oxygen atoms in total. The lowest BCUT2D eigenvalue weighted by Crippen LogP contribution is -2.53. The Bertz CT molecular complexity index is 1670. The van der Waals surface area contributed by atoms with Gasteiger partial charge >= 0.3 is 0 Å². The van der Waals surface area contributed by atoms with Crippen LogP contribution in [0.4, 0.5) is 17.5 Å². The minimum atomic E-state index is -3.91. The molecule has 4 rings (SSSR count). The topological polar surface area (TPSA) is 148 Å². The van der Waals surface area contributed by atoms with Gasteiger partial charge in [0.1, 0.15) is 11.6 Å². The maximum atomic E-state index is 13.9. The molecule has 1 aliphatic heterocycles. The molecule has 3 N–H and O–H groups in total. The van der Waals surface area contributed by atoms with Crippen molar-refractivity contribution in [3.63, 3.8) is 0 Å². The minimum Gasteiger partial charge on any atom is -0.414 e. The first-order valence-corrected chi connectivity index (χ1v) is 25.9. The number of amides is 1. The number of hydrogen-bond donors (Lipinski definition) is 3. The van der Waals surface area contributed by atoms with E-state index in [1.54, 1.807) is 39.1 Å². The molecule has 2 aromatic rings. The van der Waals surface area contributed by atoms with Crippen LogP contribution in [-0.4, -0.2) is 83.3 Å². The number of hydrogen-bond acceptors (Lipinski definition) is 10. The van der Waals surface area contributed by atoms with Crippen LogP contribution in [0.3, 0.4) is 0 Å². The number of sulfonamides is 1. The van der Waals surface area contributed by atoms with E-state index in [1.807, 2.05) is 0 Å². The summed E-state index contributed by atoms with van der Waals surface area (Å²) >= 11 is 0. The maximum Gasteiger partial charge on any atom is 0.279 e. The number of aromatic nitrogens is 3. The molecule has 292 valence electrons. The number of carbonyl (C=O) groups is 1. The third-order valence-corrected chi connectivity index (χ3v) is 21.9. The molecule has 0 radical (unpaired) electrons. The summed E-state index contributed by atoms with van der Waals surface area (Å²) in [5, 5.41) is 6.32. The maximum absolute atomic E-state index is 13.9. The molecule has 52 heavy (non-hydrogen) atoms. The van der Waals surface area contributed by atoms with Crippen LogP contribution in [0.25, 0.3) is 0 Å². The van der Waals surface area contributed by atoms with Gasteiger partial charge in [0, 0.05) is 18.6 Å². The molecule has 3 heterocycles. The lowest BCUT2D eigenvalue weighted by Gasteiger charge is -2.43. The summed E-state index contributed by atoms with van der Waals surface area (Å²) in [6.07, 6.45) is 6.15. The van der Waals surface area contributed by atoms with Gasteiger partial charge in [0.25, 0.3) is 15.9 Å². The van der Waals surface area contributed by atoms with Gasteiger partial charge in [0.2, 0.25) is 0 Å². The average Bonchev–Trinajstić information content (AvgIpc) is 3.76. The Morgan fingerprint density at radius 3 is 1.85 bits per heavy atom. The molecular formula is C37H65N7O5SSi2. The van der Waals surface area contributed by atoms with Crippen LogP contribution in [0.15, 0.2) is 29.4 Å². The van der Waals surface area contributed by atoms with E-state index >= 15 is 0 Å². The third-order valence-electron chi connectivity index (χ3n) is 11.3. The molecule has 2 fully saturated rings. The first kappa shape index (κ1) is 42.3. The van der Waals surface area contributed by atoms with E-state index in [0.29, 0.717) is 30.3 Å². The van der Waals surface area contributed by atoms with Crippen LogP contribution in [0, 0.1) is 5.41 Å². The number of anilines is 3. The van der Waals surface area contributed by atoms with E-state index < -0.39 is 43.6 Å². The van der Waals surface area contributed by atoms with Gasteiger partial charge in [-0.25, -0.2) is 28.1 Å². The fourth-order valence-electron chi connectivity index (χ4n) is 5.49. The van der Waals surface area contributed by atoms with Crippen LogP contribution >= 0.6 is 0 Å². The summed E-state index contributed by atoms with van der Waals surface area (Å²) in [5.41, 5.74) is -0.772. The second kappa shape index (κ2) is 14.7. The summed E-state index contributed by atoms with van der Waals surface area (Å²) in [7, 11) is -8.13. The Kier molecular flexibility index (Phi) is 11.9. The molecule has 0 aromatic carbocycles. The average molecular weight is 776 g/mol. The molecule has 15 heteroatoms. The predicted octanol–water partition coefficient (Wildman–Crippen LogP) is 7.80. The molecule has 2 aromatic heterocycles. The number of nitrogens with zero attached hydrogens (tertiary/aromatic N) is 4. The zero-order valence-electron chi connectivity index (χ0n) is 34.2.